The first-order valence-corrected chi connectivity index (χ1v) is 5.56. The third kappa shape index (κ3) is 3.01. The zero-order valence-electron chi connectivity index (χ0n) is 9.65. The van der Waals surface area contributed by atoms with Crippen molar-refractivity contribution in [2.24, 2.45) is 0 Å². The number of rotatable bonds is 3. The van der Waals surface area contributed by atoms with Crippen molar-refractivity contribution in [1.29, 1.82) is 0 Å². The number of carboxylic acids is 1. The van der Waals surface area contributed by atoms with E-state index in [2.05, 4.69) is 10.2 Å². The predicted octanol–water partition coefficient (Wildman–Crippen LogP) is -0.208. The normalized spacial score (nSPS) is 19.6. The van der Waals surface area contributed by atoms with E-state index in [0.29, 0.717) is 18.7 Å². The van der Waals surface area contributed by atoms with Gasteiger partial charge in [0.2, 0.25) is 0 Å². The third-order valence-corrected chi connectivity index (χ3v) is 2.66. The van der Waals surface area contributed by atoms with Gasteiger partial charge in [0.05, 0.1) is 37.1 Å². The second kappa shape index (κ2) is 5.54. The molecule has 1 fully saturated rings. The molecule has 18 heavy (non-hydrogen) atoms. The summed E-state index contributed by atoms with van der Waals surface area (Å²) >= 11 is 0. The summed E-state index contributed by atoms with van der Waals surface area (Å²) in [5.74, 6) is -1.11. The van der Waals surface area contributed by atoms with Crippen LogP contribution in [0.5, 0.6) is 0 Å². The zero-order valence-corrected chi connectivity index (χ0v) is 9.65. The van der Waals surface area contributed by atoms with Crippen LogP contribution in [-0.2, 0) is 9.53 Å². The van der Waals surface area contributed by atoms with Crippen molar-refractivity contribution in [2.45, 2.75) is 12.5 Å². The van der Waals surface area contributed by atoms with E-state index in [1.807, 2.05) is 0 Å². The van der Waals surface area contributed by atoms with Crippen LogP contribution in [-0.4, -0.2) is 57.9 Å². The molecule has 1 unspecified atom stereocenters. The maximum absolute atomic E-state index is 12.1. The highest BCUT2D eigenvalue weighted by Crippen LogP contribution is 2.11. The zero-order chi connectivity index (χ0) is 13.0. The molecule has 1 atom stereocenters. The molecule has 1 aliphatic rings. The van der Waals surface area contributed by atoms with Gasteiger partial charge in [-0.2, -0.15) is 10.2 Å². The Hall–Kier alpha value is -2.02. The highest BCUT2D eigenvalue weighted by molar-refractivity contribution is 5.93. The molecule has 0 radical (unpaired) electrons. The molecular formula is C11H13N3O4. The molecule has 96 valence electrons. The van der Waals surface area contributed by atoms with Crippen LogP contribution < -0.4 is 0 Å². The smallest absolute Gasteiger partial charge is 0.306 e. The van der Waals surface area contributed by atoms with Gasteiger partial charge in [-0.3, -0.25) is 9.59 Å². The number of aromatic nitrogens is 2. The van der Waals surface area contributed by atoms with Gasteiger partial charge >= 0.3 is 5.97 Å². The quantitative estimate of drug-likeness (QED) is 0.799. The van der Waals surface area contributed by atoms with Gasteiger partial charge in [-0.15, -0.1) is 0 Å². The molecular weight excluding hydrogens is 238 g/mol. The molecule has 0 aliphatic carbocycles. The van der Waals surface area contributed by atoms with E-state index in [0.717, 1.165) is 0 Å². The fourth-order valence-electron chi connectivity index (χ4n) is 1.82. The minimum absolute atomic E-state index is 0.0988. The summed E-state index contributed by atoms with van der Waals surface area (Å²) in [5.41, 5.74) is 0.445. The van der Waals surface area contributed by atoms with Crippen molar-refractivity contribution in [3.63, 3.8) is 0 Å². The summed E-state index contributed by atoms with van der Waals surface area (Å²) < 4.78 is 5.30. The lowest BCUT2D eigenvalue weighted by Gasteiger charge is -2.32. The van der Waals surface area contributed by atoms with Gasteiger partial charge in [-0.25, -0.2) is 0 Å². The van der Waals surface area contributed by atoms with Crippen LogP contribution in [0.2, 0.25) is 0 Å². The Kier molecular flexibility index (Phi) is 3.83. The average molecular weight is 251 g/mol. The molecule has 1 aromatic rings. The molecule has 1 N–H and O–H groups in total. The van der Waals surface area contributed by atoms with Crippen molar-refractivity contribution in [3.8, 4) is 0 Å². The molecule has 1 amide bonds. The molecule has 0 aromatic carbocycles. The SMILES string of the molecule is O=C(O)CC1CN(C(=O)c2ccnnc2)CCO1. The summed E-state index contributed by atoms with van der Waals surface area (Å²) in [5, 5.41) is 16.0. The Morgan fingerprint density at radius 2 is 2.33 bits per heavy atom. The first kappa shape index (κ1) is 12.4. The number of carbonyl (C=O) groups is 2. The molecule has 2 rings (SSSR count). The predicted molar refractivity (Wildman–Crippen MR) is 59.9 cm³/mol. The highest BCUT2D eigenvalue weighted by Gasteiger charge is 2.26. The number of ether oxygens (including phenoxy) is 1. The van der Waals surface area contributed by atoms with Crippen LogP contribution in [0, 0.1) is 0 Å². The highest BCUT2D eigenvalue weighted by atomic mass is 16.5. The molecule has 0 saturated carbocycles. The Bertz CT molecular complexity index is 437. The summed E-state index contributed by atoms with van der Waals surface area (Å²) in [6.07, 6.45) is 2.29. The summed E-state index contributed by atoms with van der Waals surface area (Å²) in [6.45, 7) is 1.09. The van der Waals surface area contributed by atoms with Crippen LogP contribution in [0.4, 0.5) is 0 Å². The van der Waals surface area contributed by atoms with Crippen LogP contribution in [0.25, 0.3) is 0 Å². The maximum atomic E-state index is 12.1. The Morgan fingerprint density at radius 1 is 1.50 bits per heavy atom. The van der Waals surface area contributed by atoms with E-state index in [1.165, 1.54) is 12.4 Å². The second-order valence-corrected chi connectivity index (χ2v) is 3.97. The first-order valence-electron chi connectivity index (χ1n) is 5.56. The van der Waals surface area contributed by atoms with Gasteiger partial charge < -0.3 is 14.7 Å². The third-order valence-electron chi connectivity index (χ3n) is 2.66. The lowest BCUT2D eigenvalue weighted by atomic mass is 10.2. The van der Waals surface area contributed by atoms with Gasteiger partial charge in [-0.05, 0) is 6.07 Å². The average Bonchev–Trinajstić information content (AvgIpc) is 2.38. The standard InChI is InChI=1S/C11H13N3O4/c15-10(16)5-9-7-14(3-4-18-9)11(17)8-1-2-12-13-6-8/h1-2,6,9H,3-5,7H2,(H,15,16). The lowest BCUT2D eigenvalue weighted by Crippen LogP contribution is -2.46. The topological polar surface area (TPSA) is 92.6 Å². The molecule has 2 heterocycles. The van der Waals surface area contributed by atoms with Crippen molar-refractivity contribution < 1.29 is 19.4 Å². The Morgan fingerprint density at radius 3 is 3.00 bits per heavy atom. The largest absolute Gasteiger partial charge is 0.481 e. The lowest BCUT2D eigenvalue weighted by molar-refractivity contribution is -0.141. The molecule has 1 aromatic heterocycles. The number of morpholine rings is 1. The fraction of sp³-hybridized carbons (Fsp3) is 0.455. The van der Waals surface area contributed by atoms with E-state index < -0.39 is 12.1 Å². The maximum Gasteiger partial charge on any atom is 0.306 e. The van der Waals surface area contributed by atoms with E-state index >= 15 is 0 Å². The van der Waals surface area contributed by atoms with E-state index in [-0.39, 0.29) is 18.9 Å². The van der Waals surface area contributed by atoms with Crippen molar-refractivity contribution in [3.05, 3.63) is 24.0 Å². The summed E-state index contributed by atoms with van der Waals surface area (Å²) in [7, 11) is 0. The number of hydrogen-bond donors (Lipinski definition) is 1. The second-order valence-electron chi connectivity index (χ2n) is 3.97. The van der Waals surface area contributed by atoms with Crippen LogP contribution in [0.1, 0.15) is 16.8 Å². The van der Waals surface area contributed by atoms with E-state index in [1.54, 1.807) is 11.0 Å². The number of nitrogens with zero attached hydrogens (tertiary/aromatic N) is 3. The van der Waals surface area contributed by atoms with Gasteiger partial charge in [0, 0.05) is 13.1 Å². The van der Waals surface area contributed by atoms with E-state index in [9.17, 15) is 9.59 Å². The Balaban J connectivity index is 2.00. The van der Waals surface area contributed by atoms with Gasteiger partial charge in [-0.1, -0.05) is 0 Å². The molecule has 7 nitrogen and oxygen atoms in total. The number of hydrogen-bond acceptors (Lipinski definition) is 5. The molecule has 0 bridgehead atoms. The van der Waals surface area contributed by atoms with Gasteiger partial charge in [0.1, 0.15) is 0 Å². The Labute approximate surface area is 103 Å². The molecule has 7 heteroatoms. The molecule has 1 saturated heterocycles. The van der Waals surface area contributed by atoms with Crippen LogP contribution in [0.3, 0.4) is 0 Å². The minimum atomic E-state index is -0.931. The van der Waals surface area contributed by atoms with Gasteiger partial charge in [0.25, 0.3) is 5.91 Å². The number of amides is 1. The first-order chi connectivity index (χ1) is 8.66. The fourth-order valence-corrected chi connectivity index (χ4v) is 1.82. The van der Waals surface area contributed by atoms with E-state index in [4.69, 9.17) is 9.84 Å². The van der Waals surface area contributed by atoms with Crippen LogP contribution in [0.15, 0.2) is 18.5 Å². The monoisotopic (exact) mass is 251 g/mol. The summed E-state index contributed by atoms with van der Waals surface area (Å²) in [6, 6.07) is 1.58. The number of carbonyl (C=O) groups excluding carboxylic acids is 1. The summed E-state index contributed by atoms with van der Waals surface area (Å²) in [4.78, 5) is 24.3. The molecule has 1 aliphatic heterocycles. The minimum Gasteiger partial charge on any atom is -0.481 e. The number of carboxylic acid groups (broad SMARTS) is 1. The van der Waals surface area contributed by atoms with Crippen molar-refractivity contribution in [2.75, 3.05) is 19.7 Å². The van der Waals surface area contributed by atoms with Crippen molar-refractivity contribution >= 4 is 11.9 Å². The van der Waals surface area contributed by atoms with Crippen molar-refractivity contribution in [1.82, 2.24) is 15.1 Å². The van der Waals surface area contributed by atoms with Crippen LogP contribution >= 0.6 is 0 Å². The number of aliphatic carboxylic acids is 1. The molecule has 0 spiro atoms. The van der Waals surface area contributed by atoms with Gasteiger partial charge in [0.15, 0.2) is 0 Å².